The Morgan fingerprint density at radius 3 is 2.67 bits per heavy atom. The first-order valence-corrected chi connectivity index (χ1v) is 8.86. The third-order valence-electron chi connectivity index (χ3n) is 4.67. The zero-order chi connectivity index (χ0) is 18.6. The fourth-order valence-corrected chi connectivity index (χ4v) is 3.24. The van der Waals surface area contributed by atoms with E-state index in [9.17, 15) is 18.0 Å². The molecule has 1 aromatic rings. The summed E-state index contributed by atoms with van der Waals surface area (Å²) in [7, 11) is 0. The van der Waals surface area contributed by atoms with E-state index < -0.39 is 11.7 Å². The number of amides is 1. The van der Waals surface area contributed by atoms with Crippen LogP contribution in [0.5, 0.6) is 5.75 Å². The van der Waals surface area contributed by atoms with Crippen LogP contribution in [0.1, 0.15) is 24.8 Å². The van der Waals surface area contributed by atoms with Crippen molar-refractivity contribution in [3.63, 3.8) is 0 Å². The van der Waals surface area contributed by atoms with E-state index in [1.54, 1.807) is 4.90 Å². The molecule has 2 heterocycles. The SMILES string of the molecule is Cl.O=C(CC1CNCCO1)N1CCC(Oc2cccc(C(F)(F)F)c2)CC1. The zero-order valence-corrected chi connectivity index (χ0v) is 15.7. The predicted octanol–water partition coefficient (Wildman–Crippen LogP) is 2.88. The molecule has 0 aromatic heterocycles. The second-order valence-corrected chi connectivity index (χ2v) is 6.62. The van der Waals surface area contributed by atoms with E-state index in [1.165, 1.54) is 12.1 Å². The van der Waals surface area contributed by atoms with Gasteiger partial charge < -0.3 is 19.7 Å². The Kier molecular flexibility index (Phi) is 7.76. The molecule has 2 fully saturated rings. The number of piperidine rings is 1. The van der Waals surface area contributed by atoms with Gasteiger partial charge in [0.2, 0.25) is 5.91 Å². The summed E-state index contributed by atoms with van der Waals surface area (Å²) < 4.78 is 49.5. The molecular weight excluding hydrogens is 385 g/mol. The second-order valence-electron chi connectivity index (χ2n) is 6.62. The molecule has 0 spiro atoms. The lowest BCUT2D eigenvalue weighted by molar-refractivity contribution is -0.138. The summed E-state index contributed by atoms with van der Waals surface area (Å²) in [4.78, 5) is 14.1. The van der Waals surface area contributed by atoms with Gasteiger partial charge in [0.25, 0.3) is 0 Å². The minimum absolute atomic E-state index is 0. The molecular formula is C18H24ClF3N2O3. The molecule has 2 aliphatic heterocycles. The van der Waals surface area contributed by atoms with Gasteiger partial charge in [0, 0.05) is 39.0 Å². The summed E-state index contributed by atoms with van der Waals surface area (Å²) in [6, 6.07) is 4.91. The van der Waals surface area contributed by atoms with Crippen molar-refractivity contribution in [1.29, 1.82) is 0 Å². The lowest BCUT2D eigenvalue weighted by Crippen LogP contribution is -2.45. The number of nitrogens with one attached hydrogen (secondary N) is 1. The summed E-state index contributed by atoms with van der Waals surface area (Å²) in [6.45, 7) is 3.19. The molecule has 3 rings (SSSR count). The van der Waals surface area contributed by atoms with Crippen LogP contribution in [0.4, 0.5) is 13.2 Å². The van der Waals surface area contributed by atoms with E-state index in [1.807, 2.05) is 0 Å². The molecule has 5 nitrogen and oxygen atoms in total. The quantitative estimate of drug-likeness (QED) is 0.832. The molecule has 0 aliphatic carbocycles. The van der Waals surface area contributed by atoms with Crippen LogP contribution in [0.3, 0.4) is 0 Å². The summed E-state index contributed by atoms with van der Waals surface area (Å²) in [5, 5.41) is 3.20. The third kappa shape index (κ3) is 6.26. The van der Waals surface area contributed by atoms with Gasteiger partial charge in [-0.1, -0.05) is 6.07 Å². The third-order valence-corrected chi connectivity index (χ3v) is 4.67. The molecule has 1 atom stereocenters. The molecule has 152 valence electrons. The van der Waals surface area contributed by atoms with Gasteiger partial charge in [-0.25, -0.2) is 0 Å². The first-order chi connectivity index (χ1) is 12.4. The number of carbonyl (C=O) groups excluding carboxylic acids is 1. The molecule has 0 bridgehead atoms. The van der Waals surface area contributed by atoms with Crippen LogP contribution >= 0.6 is 12.4 Å². The second kappa shape index (κ2) is 9.61. The van der Waals surface area contributed by atoms with Crippen LogP contribution in [0.25, 0.3) is 0 Å². The molecule has 9 heteroatoms. The first-order valence-electron chi connectivity index (χ1n) is 8.86. The van der Waals surface area contributed by atoms with Crippen molar-refractivity contribution in [2.75, 3.05) is 32.8 Å². The maximum Gasteiger partial charge on any atom is 0.416 e. The number of ether oxygens (including phenoxy) is 2. The lowest BCUT2D eigenvalue weighted by atomic mass is 10.1. The Morgan fingerprint density at radius 2 is 2.04 bits per heavy atom. The molecule has 0 saturated carbocycles. The van der Waals surface area contributed by atoms with E-state index in [4.69, 9.17) is 9.47 Å². The maximum atomic E-state index is 12.8. The average molecular weight is 409 g/mol. The number of likely N-dealkylation sites (tertiary alicyclic amines) is 1. The number of benzene rings is 1. The highest BCUT2D eigenvalue weighted by Gasteiger charge is 2.31. The molecule has 2 saturated heterocycles. The van der Waals surface area contributed by atoms with Gasteiger partial charge in [-0.05, 0) is 18.2 Å². The zero-order valence-electron chi connectivity index (χ0n) is 14.8. The van der Waals surface area contributed by atoms with Gasteiger partial charge in [0.15, 0.2) is 0 Å². The van der Waals surface area contributed by atoms with Crippen molar-refractivity contribution in [1.82, 2.24) is 10.2 Å². The molecule has 2 aliphatic rings. The van der Waals surface area contributed by atoms with Gasteiger partial charge in [-0.15, -0.1) is 12.4 Å². The van der Waals surface area contributed by atoms with Gasteiger partial charge in [-0.3, -0.25) is 4.79 Å². The van der Waals surface area contributed by atoms with Crippen LogP contribution in [0.2, 0.25) is 0 Å². The lowest BCUT2D eigenvalue weighted by Gasteiger charge is -2.33. The van der Waals surface area contributed by atoms with E-state index in [2.05, 4.69) is 5.32 Å². The molecule has 0 radical (unpaired) electrons. The Bertz CT molecular complexity index is 616. The Hall–Kier alpha value is -1.51. The van der Waals surface area contributed by atoms with E-state index >= 15 is 0 Å². The number of morpholine rings is 1. The van der Waals surface area contributed by atoms with Crippen LogP contribution in [0, 0.1) is 0 Å². The monoisotopic (exact) mass is 408 g/mol. The number of halogens is 4. The molecule has 1 amide bonds. The topological polar surface area (TPSA) is 50.8 Å². The number of alkyl halides is 3. The van der Waals surface area contributed by atoms with Crippen molar-refractivity contribution in [3.8, 4) is 5.75 Å². The van der Waals surface area contributed by atoms with Crippen molar-refractivity contribution in [2.24, 2.45) is 0 Å². The van der Waals surface area contributed by atoms with Gasteiger partial charge >= 0.3 is 6.18 Å². The number of hydrogen-bond donors (Lipinski definition) is 1. The van der Waals surface area contributed by atoms with Crippen LogP contribution < -0.4 is 10.1 Å². The first kappa shape index (κ1) is 21.8. The highest BCUT2D eigenvalue weighted by atomic mass is 35.5. The van der Waals surface area contributed by atoms with Crippen molar-refractivity contribution in [2.45, 2.75) is 37.6 Å². The predicted molar refractivity (Wildman–Crippen MR) is 96.1 cm³/mol. The summed E-state index contributed by atoms with van der Waals surface area (Å²) in [5.41, 5.74) is -0.719. The largest absolute Gasteiger partial charge is 0.490 e. The maximum absolute atomic E-state index is 12.8. The average Bonchev–Trinajstić information content (AvgIpc) is 2.63. The Morgan fingerprint density at radius 1 is 1.30 bits per heavy atom. The minimum atomic E-state index is -4.38. The Labute approximate surface area is 162 Å². The fraction of sp³-hybridized carbons (Fsp3) is 0.611. The van der Waals surface area contributed by atoms with E-state index in [-0.39, 0.29) is 36.3 Å². The standard InChI is InChI=1S/C18H23F3N2O3.ClH/c19-18(20,21)13-2-1-3-15(10-13)26-14-4-7-23(8-5-14)17(24)11-16-12-22-6-9-25-16;/h1-3,10,14,16,22H,4-9,11-12H2;1H. The van der Waals surface area contributed by atoms with Crippen LogP contribution in [-0.2, 0) is 15.7 Å². The Balaban J connectivity index is 0.00000261. The van der Waals surface area contributed by atoms with Crippen molar-refractivity contribution < 1.29 is 27.4 Å². The highest BCUT2D eigenvalue weighted by Crippen LogP contribution is 2.32. The smallest absolute Gasteiger partial charge is 0.416 e. The van der Waals surface area contributed by atoms with E-state index in [0.717, 1.165) is 18.7 Å². The number of nitrogens with zero attached hydrogens (tertiary/aromatic N) is 1. The van der Waals surface area contributed by atoms with Crippen LogP contribution in [-0.4, -0.2) is 55.8 Å². The highest BCUT2D eigenvalue weighted by molar-refractivity contribution is 5.85. The summed E-state index contributed by atoms with van der Waals surface area (Å²) in [5.74, 6) is 0.266. The number of carbonyl (C=O) groups is 1. The molecule has 1 aromatic carbocycles. The molecule has 1 N–H and O–H groups in total. The normalized spacial score (nSPS) is 21.4. The molecule has 1 unspecified atom stereocenters. The summed E-state index contributed by atoms with van der Waals surface area (Å²) in [6.07, 6.45) is -3.10. The van der Waals surface area contributed by atoms with Crippen molar-refractivity contribution in [3.05, 3.63) is 29.8 Å². The number of rotatable bonds is 4. The summed E-state index contributed by atoms with van der Waals surface area (Å²) >= 11 is 0. The molecule has 27 heavy (non-hydrogen) atoms. The number of hydrogen-bond acceptors (Lipinski definition) is 4. The van der Waals surface area contributed by atoms with Gasteiger partial charge in [0.1, 0.15) is 11.9 Å². The van der Waals surface area contributed by atoms with Crippen LogP contribution in [0.15, 0.2) is 24.3 Å². The van der Waals surface area contributed by atoms with E-state index in [0.29, 0.717) is 45.5 Å². The van der Waals surface area contributed by atoms with Crippen molar-refractivity contribution >= 4 is 18.3 Å². The fourth-order valence-electron chi connectivity index (χ4n) is 3.24. The minimum Gasteiger partial charge on any atom is -0.490 e. The van der Waals surface area contributed by atoms with Gasteiger partial charge in [-0.2, -0.15) is 13.2 Å². The van der Waals surface area contributed by atoms with Gasteiger partial charge in [0.05, 0.1) is 24.7 Å².